The summed E-state index contributed by atoms with van der Waals surface area (Å²) in [5, 5.41) is 0.952. The summed E-state index contributed by atoms with van der Waals surface area (Å²) in [5.41, 5.74) is 5.21. The van der Waals surface area contributed by atoms with Crippen molar-refractivity contribution in [2.45, 2.75) is 75.9 Å². The molecule has 4 fully saturated rings. The fourth-order valence-electron chi connectivity index (χ4n) is 11.1. The highest BCUT2D eigenvalue weighted by Crippen LogP contribution is 2.66. The molecule has 2 unspecified atom stereocenters. The number of alkyl halides is 3. The molecule has 2 aromatic rings. The van der Waals surface area contributed by atoms with Gasteiger partial charge < -0.3 is 14.2 Å². The Labute approximate surface area is 307 Å². The van der Waals surface area contributed by atoms with Crippen LogP contribution < -0.4 is 9.46 Å². The van der Waals surface area contributed by atoms with Crippen LogP contribution >= 0.6 is 0 Å². The first-order valence-electron chi connectivity index (χ1n) is 18.8. The molecule has 53 heavy (non-hydrogen) atoms. The molecule has 1 N–H and O–H groups in total. The van der Waals surface area contributed by atoms with Crippen molar-refractivity contribution in [3.8, 4) is 5.75 Å². The number of halogens is 3. The van der Waals surface area contributed by atoms with Crippen molar-refractivity contribution in [2.24, 2.45) is 16.7 Å². The van der Waals surface area contributed by atoms with E-state index in [1.165, 1.54) is 31.0 Å². The van der Waals surface area contributed by atoms with E-state index in [0.29, 0.717) is 56.2 Å². The van der Waals surface area contributed by atoms with Crippen LogP contribution in [0.3, 0.4) is 0 Å². The number of aromatic nitrogens is 1. The summed E-state index contributed by atoms with van der Waals surface area (Å²) < 4.78 is 77.2. The molecule has 0 spiro atoms. The largest absolute Gasteiger partial charge is 0.496 e. The minimum absolute atomic E-state index is 0.0172. The van der Waals surface area contributed by atoms with Crippen LogP contribution in [0.25, 0.3) is 10.9 Å². The van der Waals surface area contributed by atoms with Gasteiger partial charge in [-0.1, -0.05) is 37.5 Å². The third kappa shape index (κ3) is 5.36. The SMILES string of the molecule is COc1ccc(C2CCCCC2)c2c1cc1n2CC2=C(C(=O)NS(=O)(=O)N(C)C)C2=C2C=CC[C@@H](C(=O)N3CC45CCC4(CN(CC(F)(F)F)C5)C3)[C@@H]21. The predicted octanol–water partition coefficient (Wildman–Crippen LogP) is 5.39. The van der Waals surface area contributed by atoms with Crippen LogP contribution in [0.5, 0.6) is 5.75 Å². The summed E-state index contributed by atoms with van der Waals surface area (Å²) in [7, 11) is 0.325. The van der Waals surface area contributed by atoms with Gasteiger partial charge in [0.15, 0.2) is 0 Å². The van der Waals surface area contributed by atoms with E-state index in [1.54, 1.807) is 7.11 Å². The van der Waals surface area contributed by atoms with Gasteiger partial charge in [-0.15, -0.1) is 0 Å². The van der Waals surface area contributed by atoms with Crippen molar-refractivity contribution in [3.63, 3.8) is 0 Å². The highest BCUT2D eigenvalue weighted by atomic mass is 32.2. The molecule has 0 bridgehead atoms. The summed E-state index contributed by atoms with van der Waals surface area (Å²) in [5.74, 6) is -0.566. The molecule has 7 aliphatic rings. The van der Waals surface area contributed by atoms with Gasteiger partial charge >= 0.3 is 16.4 Å². The van der Waals surface area contributed by atoms with Crippen LogP contribution in [0.15, 0.2) is 52.6 Å². The molecule has 2 amide bonds. The van der Waals surface area contributed by atoms with Gasteiger partial charge in [0.2, 0.25) is 5.91 Å². The molecule has 2 saturated carbocycles. The molecule has 3 aliphatic heterocycles. The Hall–Kier alpha value is -3.62. The van der Waals surface area contributed by atoms with Crippen molar-refractivity contribution < 1.29 is 35.9 Å². The lowest BCUT2D eigenvalue weighted by molar-refractivity contribution is -0.146. The maximum Gasteiger partial charge on any atom is 0.401 e. The third-order valence-corrected chi connectivity index (χ3v) is 15.1. The number of hydrogen-bond donors (Lipinski definition) is 1. The van der Waals surface area contributed by atoms with Gasteiger partial charge in [0, 0.05) is 74.6 Å². The fraction of sp³-hybridized carbons (Fsp3) is 0.590. The van der Waals surface area contributed by atoms with Gasteiger partial charge in [-0.05, 0) is 72.4 Å². The number of ether oxygens (including phenoxy) is 1. The number of rotatable bonds is 7. The molecule has 4 aliphatic carbocycles. The van der Waals surface area contributed by atoms with Crippen LogP contribution in [0.2, 0.25) is 0 Å². The Balaban J connectivity index is 1.14. The second-order valence-corrected chi connectivity index (χ2v) is 18.6. The maximum atomic E-state index is 14.9. The Morgan fingerprint density at radius 3 is 2.36 bits per heavy atom. The molecule has 1 aromatic heterocycles. The maximum absolute atomic E-state index is 14.9. The molecule has 4 atom stereocenters. The van der Waals surface area contributed by atoms with Crippen LogP contribution in [0.1, 0.15) is 74.5 Å². The molecule has 10 nitrogen and oxygen atoms in total. The number of nitrogens with one attached hydrogen (secondary N) is 1. The average Bonchev–Trinajstić information content (AvgIpc) is 3.61. The lowest BCUT2D eigenvalue weighted by Crippen LogP contribution is -2.49. The quantitative estimate of drug-likeness (QED) is 0.407. The predicted molar refractivity (Wildman–Crippen MR) is 192 cm³/mol. The molecule has 2 saturated heterocycles. The van der Waals surface area contributed by atoms with E-state index in [-0.39, 0.29) is 16.7 Å². The van der Waals surface area contributed by atoms with Gasteiger partial charge in [0.05, 0.1) is 30.7 Å². The number of carbonyl (C=O) groups is 2. The van der Waals surface area contributed by atoms with E-state index in [1.807, 2.05) is 23.1 Å². The lowest BCUT2D eigenvalue weighted by atomic mass is 9.53. The van der Waals surface area contributed by atoms with Crippen LogP contribution in [0, 0.1) is 16.7 Å². The van der Waals surface area contributed by atoms with Crippen molar-refractivity contribution >= 4 is 32.9 Å². The normalized spacial score (nSPS) is 29.8. The molecular formula is C39H46F3N5O5S. The van der Waals surface area contributed by atoms with Crippen LogP contribution in [0.4, 0.5) is 13.2 Å². The van der Waals surface area contributed by atoms with Crippen LogP contribution in [-0.2, 0) is 26.3 Å². The number of methoxy groups -OCH3 is 1. The van der Waals surface area contributed by atoms with E-state index in [2.05, 4.69) is 21.4 Å². The van der Waals surface area contributed by atoms with Gasteiger partial charge in [0.25, 0.3) is 5.91 Å². The molecule has 1 aromatic carbocycles. The number of amides is 2. The van der Waals surface area contributed by atoms with Crippen molar-refractivity contribution in [1.82, 2.24) is 23.4 Å². The summed E-state index contributed by atoms with van der Waals surface area (Å²) in [4.78, 5) is 32.1. The van der Waals surface area contributed by atoms with Gasteiger partial charge in [-0.2, -0.15) is 25.9 Å². The number of likely N-dealkylation sites (tertiary alicyclic amines) is 2. The Morgan fingerprint density at radius 2 is 1.74 bits per heavy atom. The van der Waals surface area contributed by atoms with Gasteiger partial charge in [0.1, 0.15) is 5.75 Å². The molecule has 284 valence electrons. The molecule has 9 rings (SSSR count). The van der Waals surface area contributed by atoms with E-state index in [0.717, 1.165) is 76.3 Å². The second kappa shape index (κ2) is 11.9. The standard InChI is InChI=1S/C39H46F3N5O5S/c1-44(2)53(50,51)43-35(48)33-28-17-47-29(16-27-30(52-3)13-12-24(34(27)47)23-8-5-4-6-9-23)31-25(32(28)33)10-7-11-26(31)36(49)46-20-37-14-15-38(37,21-46)19-45(18-37)22-39(40,41)42/h7,10,12-13,16,23,26,31H,4-6,8-9,11,14-15,17-22H2,1-3H3,(H,43,48)/t26-,31-,37?,38?/m1/s1. The summed E-state index contributed by atoms with van der Waals surface area (Å²) in [6.45, 7) is 1.02. The number of hydrogen-bond acceptors (Lipinski definition) is 6. The minimum Gasteiger partial charge on any atom is -0.496 e. The number of carbonyl (C=O) groups excluding carboxylic acids is 2. The Kier molecular flexibility index (Phi) is 7.91. The molecule has 14 heteroatoms. The number of allylic oxidation sites excluding steroid dienone is 4. The second-order valence-electron chi connectivity index (χ2n) is 16.7. The smallest absolute Gasteiger partial charge is 0.401 e. The third-order valence-electron chi connectivity index (χ3n) is 13.7. The first-order valence-corrected chi connectivity index (χ1v) is 20.3. The van der Waals surface area contributed by atoms with Crippen LogP contribution in [-0.4, -0.2) is 99.0 Å². The van der Waals surface area contributed by atoms with E-state index >= 15 is 0 Å². The molecule has 0 radical (unpaired) electrons. The lowest BCUT2D eigenvalue weighted by Gasteiger charge is -2.48. The minimum atomic E-state index is -4.27. The average molecular weight is 754 g/mol. The summed E-state index contributed by atoms with van der Waals surface area (Å²) in [6, 6.07) is 6.34. The van der Waals surface area contributed by atoms with Crippen molar-refractivity contribution in [1.29, 1.82) is 0 Å². The Bertz CT molecular complexity index is 2130. The first kappa shape index (κ1) is 35.1. The van der Waals surface area contributed by atoms with E-state index in [9.17, 15) is 31.2 Å². The van der Waals surface area contributed by atoms with Crippen molar-refractivity contribution in [2.75, 3.05) is 53.9 Å². The van der Waals surface area contributed by atoms with Crippen molar-refractivity contribution in [3.05, 3.63) is 63.9 Å². The number of nitrogens with zero attached hydrogens (tertiary/aromatic N) is 4. The summed E-state index contributed by atoms with van der Waals surface area (Å²) in [6.07, 6.45) is 7.44. The highest BCUT2D eigenvalue weighted by Gasteiger charge is 2.69. The zero-order valence-corrected chi connectivity index (χ0v) is 31.2. The van der Waals surface area contributed by atoms with E-state index in [4.69, 9.17) is 4.74 Å². The molecular weight excluding hydrogens is 708 g/mol. The van der Waals surface area contributed by atoms with Gasteiger partial charge in [-0.3, -0.25) is 14.5 Å². The summed E-state index contributed by atoms with van der Waals surface area (Å²) >= 11 is 0. The number of fused-ring (bicyclic) bond motifs is 6. The highest BCUT2D eigenvalue weighted by molar-refractivity contribution is 7.87. The topological polar surface area (TPSA) is 104 Å². The monoisotopic (exact) mass is 753 g/mol. The zero-order chi connectivity index (χ0) is 37.2. The molecule has 4 heterocycles. The fourth-order valence-corrected chi connectivity index (χ4v) is 11.7. The van der Waals surface area contributed by atoms with Gasteiger partial charge in [-0.25, -0.2) is 4.72 Å². The first-order chi connectivity index (χ1) is 25.2. The van der Waals surface area contributed by atoms with E-state index < -0.39 is 40.7 Å². The number of benzene rings is 1. The Morgan fingerprint density at radius 1 is 1.04 bits per heavy atom. The zero-order valence-electron chi connectivity index (χ0n) is 30.4.